The summed E-state index contributed by atoms with van der Waals surface area (Å²) in [5.74, 6) is 1.47. The summed E-state index contributed by atoms with van der Waals surface area (Å²) in [6.45, 7) is 0.0601. The number of benzene rings is 2. The van der Waals surface area contributed by atoms with E-state index in [1.165, 1.54) is 14.2 Å². The fraction of sp³-hybridized carbons (Fsp3) is 0.409. The number of hydrogen-bond donors (Lipinski definition) is 0. The first kappa shape index (κ1) is 20.7. The zero-order valence-corrected chi connectivity index (χ0v) is 18.0. The molecule has 8 heteroatoms. The molecule has 2 aromatic carbocycles. The van der Waals surface area contributed by atoms with Gasteiger partial charge in [0.25, 0.3) is 10.1 Å². The molecule has 4 rings (SSSR count). The number of ketones is 1. The topological polar surface area (TPSA) is 88.1 Å². The molecular weight excluding hydrogens is 408 g/mol. The third-order valence-corrected chi connectivity index (χ3v) is 6.14. The fourth-order valence-electron chi connectivity index (χ4n) is 3.91. The van der Waals surface area contributed by atoms with Crippen molar-refractivity contribution in [1.82, 2.24) is 0 Å². The Hall–Kier alpha value is -2.58. The molecule has 30 heavy (non-hydrogen) atoms. The third kappa shape index (κ3) is 3.89. The van der Waals surface area contributed by atoms with E-state index in [0.29, 0.717) is 42.9 Å². The smallest absolute Gasteiger partial charge is 0.265 e. The average Bonchev–Trinajstić information content (AvgIpc) is 3.35. The largest absolute Gasteiger partial charge is 0.493 e. The number of carbonyl (C=O) groups excluding carboxylic acids is 1. The van der Waals surface area contributed by atoms with E-state index in [0.717, 1.165) is 28.5 Å². The van der Waals surface area contributed by atoms with Gasteiger partial charge in [0.1, 0.15) is 12.2 Å². The molecule has 0 unspecified atom stereocenters. The number of fused-ring (bicyclic) bond motifs is 1. The molecule has 0 radical (unpaired) electrons. The zero-order valence-electron chi connectivity index (χ0n) is 17.2. The van der Waals surface area contributed by atoms with E-state index in [1.54, 1.807) is 6.07 Å². The lowest BCUT2D eigenvalue weighted by Crippen LogP contribution is -2.26. The third-order valence-electron chi connectivity index (χ3n) is 5.48. The molecule has 0 atom stereocenters. The Labute approximate surface area is 176 Å². The van der Waals surface area contributed by atoms with Gasteiger partial charge in [-0.2, -0.15) is 8.42 Å². The van der Waals surface area contributed by atoms with Crippen LogP contribution in [-0.2, 0) is 20.7 Å². The minimum Gasteiger partial charge on any atom is -0.493 e. The Bertz CT molecular complexity index is 1100. The van der Waals surface area contributed by atoms with Gasteiger partial charge in [0.2, 0.25) is 5.75 Å². The summed E-state index contributed by atoms with van der Waals surface area (Å²) < 4.78 is 45.6. The van der Waals surface area contributed by atoms with Gasteiger partial charge in [-0.15, -0.1) is 0 Å². The second kappa shape index (κ2) is 7.59. The van der Waals surface area contributed by atoms with Crippen LogP contribution in [0.15, 0.2) is 30.3 Å². The van der Waals surface area contributed by atoms with Crippen LogP contribution in [-0.4, -0.2) is 46.9 Å². The molecule has 2 aliphatic carbocycles. The molecule has 7 nitrogen and oxygen atoms in total. The van der Waals surface area contributed by atoms with E-state index >= 15 is 0 Å². The van der Waals surface area contributed by atoms with Crippen molar-refractivity contribution in [2.75, 3.05) is 27.1 Å². The molecule has 1 fully saturated rings. The second-order valence-corrected chi connectivity index (χ2v) is 9.27. The Morgan fingerprint density at radius 3 is 2.30 bits per heavy atom. The standard InChI is InChI=1S/C22H24O7S/c1-26-19-10-8-17(14-5-4-6-16-15(14)7-9-18(16)23)20(21(19)27-2)28-13-22(11-12-22)29-30(3,24)25/h4-6,8,10H,7,9,11-13H2,1-3H3. The molecule has 0 heterocycles. The molecule has 1 saturated carbocycles. The average molecular weight is 432 g/mol. The first-order chi connectivity index (χ1) is 14.3. The van der Waals surface area contributed by atoms with Crippen molar-refractivity contribution in [2.45, 2.75) is 31.3 Å². The molecule has 2 aromatic rings. The van der Waals surface area contributed by atoms with Crippen molar-refractivity contribution in [3.8, 4) is 28.4 Å². The van der Waals surface area contributed by atoms with Gasteiger partial charge in [-0.05, 0) is 42.5 Å². The van der Waals surface area contributed by atoms with Crippen molar-refractivity contribution < 1.29 is 31.6 Å². The van der Waals surface area contributed by atoms with E-state index < -0.39 is 15.7 Å². The molecule has 0 aromatic heterocycles. The summed E-state index contributed by atoms with van der Waals surface area (Å²) >= 11 is 0. The lowest BCUT2D eigenvalue weighted by Gasteiger charge is -2.21. The minimum absolute atomic E-state index is 0.0601. The van der Waals surface area contributed by atoms with Crippen molar-refractivity contribution in [3.63, 3.8) is 0 Å². The van der Waals surface area contributed by atoms with E-state index in [9.17, 15) is 13.2 Å². The maximum Gasteiger partial charge on any atom is 0.265 e. The first-order valence-electron chi connectivity index (χ1n) is 9.71. The van der Waals surface area contributed by atoms with Gasteiger partial charge >= 0.3 is 0 Å². The van der Waals surface area contributed by atoms with Gasteiger partial charge in [0.05, 0.1) is 20.5 Å². The highest BCUT2D eigenvalue weighted by molar-refractivity contribution is 7.86. The fourth-order valence-corrected chi connectivity index (χ4v) is 4.77. The summed E-state index contributed by atoms with van der Waals surface area (Å²) in [4.78, 5) is 12.2. The van der Waals surface area contributed by atoms with Crippen molar-refractivity contribution in [3.05, 3.63) is 41.5 Å². The zero-order chi connectivity index (χ0) is 21.5. The first-order valence-corrected chi connectivity index (χ1v) is 11.5. The lowest BCUT2D eigenvalue weighted by atomic mass is 9.95. The van der Waals surface area contributed by atoms with Gasteiger partial charge < -0.3 is 14.2 Å². The van der Waals surface area contributed by atoms with Gasteiger partial charge in [-0.1, -0.05) is 18.2 Å². The molecule has 0 spiro atoms. The summed E-state index contributed by atoms with van der Waals surface area (Å²) in [6.07, 6.45) is 3.38. The molecule has 0 amide bonds. The maximum atomic E-state index is 12.2. The highest BCUT2D eigenvalue weighted by Gasteiger charge is 2.48. The van der Waals surface area contributed by atoms with Gasteiger partial charge in [0.15, 0.2) is 17.3 Å². The van der Waals surface area contributed by atoms with Crippen molar-refractivity contribution in [2.24, 2.45) is 0 Å². The van der Waals surface area contributed by atoms with Crippen LogP contribution in [0.2, 0.25) is 0 Å². The van der Waals surface area contributed by atoms with E-state index in [2.05, 4.69) is 0 Å². The monoisotopic (exact) mass is 432 g/mol. The minimum atomic E-state index is -3.60. The van der Waals surface area contributed by atoms with Crippen LogP contribution in [0.25, 0.3) is 11.1 Å². The predicted octanol–water partition coefficient (Wildman–Crippen LogP) is 3.39. The van der Waals surface area contributed by atoms with E-state index in [4.69, 9.17) is 18.4 Å². The summed E-state index contributed by atoms with van der Waals surface area (Å²) in [5.41, 5.74) is 2.51. The van der Waals surface area contributed by atoms with Crippen LogP contribution in [0, 0.1) is 0 Å². The lowest BCUT2D eigenvalue weighted by molar-refractivity contribution is 0.0994. The second-order valence-electron chi connectivity index (χ2n) is 7.69. The highest BCUT2D eigenvalue weighted by Crippen LogP contribution is 2.48. The maximum absolute atomic E-state index is 12.2. The number of hydrogen-bond acceptors (Lipinski definition) is 7. The summed E-state index contributed by atoms with van der Waals surface area (Å²) in [7, 11) is -0.544. The van der Waals surface area contributed by atoms with Gasteiger partial charge in [-0.25, -0.2) is 0 Å². The normalized spacial score (nSPS) is 16.8. The predicted molar refractivity (Wildman–Crippen MR) is 111 cm³/mol. The van der Waals surface area contributed by atoms with Crippen LogP contribution in [0.3, 0.4) is 0 Å². The molecule has 2 aliphatic rings. The molecule has 0 saturated heterocycles. The molecule has 0 aliphatic heterocycles. The Morgan fingerprint density at radius 2 is 1.67 bits per heavy atom. The quantitative estimate of drug-likeness (QED) is 0.591. The number of ether oxygens (including phenoxy) is 3. The van der Waals surface area contributed by atoms with E-state index in [-0.39, 0.29) is 12.4 Å². The van der Waals surface area contributed by atoms with Gasteiger partial charge in [0, 0.05) is 17.5 Å². The Morgan fingerprint density at radius 1 is 0.933 bits per heavy atom. The number of methoxy groups -OCH3 is 2. The summed E-state index contributed by atoms with van der Waals surface area (Å²) in [5, 5.41) is 0. The van der Waals surface area contributed by atoms with Crippen molar-refractivity contribution >= 4 is 15.9 Å². The highest BCUT2D eigenvalue weighted by atomic mass is 32.2. The Balaban J connectivity index is 1.77. The van der Waals surface area contributed by atoms with Crippen LogP contribution >= 0.6 is 0 Å². The molecular formula is C22H24O7S. The van der Waals surface area contributed by atoms with Crippen LogP contribution in [0.1, 0.15) is 35.2 Å². The Kier molecular flexibility index (Phi) is 5.23. The number of Topliss-reactive ketones (excluding diaryl/α,β-unsaturated/α-hetero) is 1. The molecule has 0 bridgehead atoms. The van der Waals surface area contributed by atoms with E-state index in [1.807, 2.05) is 24.3 Å². The SMILES string of the molecule is COc1ccc(-c2cccc3c2CCC3=O)c(OCC2(OS(C)(=O)=O)CC2)c1OC. The number of rotatable bonds is 8. The summed E-state index contributed by atoms with van der Waals surface area (Å²) in [6, 6.07) is 9.30. The van der Waals surface area contributed by atoms with Crippen LogP contribution < -0.4 is 14.2 Å². The van der Waals surface area contributed by atoms with Crippen LogP contribution in [0.4, 0.5) is 0 Å². The number of carbonyl (C=O) groups is 1. The van der Waals surface area contributed by atoms with Crippen LogP contribution in [0.5, 0.6) is 17.2 Å². The van der Waals surface area contributed by atoms with Crippen molar-refractivity contribution in [1.29, 1.82) is 0 Å². The molecule has 160 valence electrons. The molecule has 0 N–H and O–H groups in total. The van der Waals surface area contributed by atoms with Gasteiger partial charge in [-0.3, -0.25) is 8.98 Å².